The normalized spacial score (nSPS) is 16.5. The Kier molecular flexibility index (Phi) is 5.11. The number of carbonyl (C=O) groups excluding carboxylic acids is 2. The van der Waals surface area contributed by atoms with Gasteiger partial charge in [0.1, 0.15) is 11.8 Å². The Bertz CT molecular complexity index is 815. The molecule has 6 nitrogen and oxygen atoms in total. The van der Waals surface area contributed by atoms with Crippen LogP contribution in [0.1, 0.15) is 17.5 Å². The predicted octanol–water partition coefficient (Wildman–Crippen LogP) is 3.24. The molecule has 3 rings (SSSR count). The summed E-state index contributed by atoms with van der Waals surface area (Å²) in [6.45, 7) is 4.60. The van der Waals surface area contributed by atoms with Crippen molar-refractivity contribution in [3.05, 3.63) is 53.6 Å². The maximum atomic E-state index is 12.7. The minimum atomic E-state index is -0.537. The minimum Gasteiger partial charge on any atom is -0.495 e. The van der Waals surface area contributed by atoms with Crippen LogP contribution in [-0.2, 0) is 4.79 Å². The highest BCUT2D eigenvalue weighted by Gasteiger charge is 2.33. The lowest BCUT2D eigenvalue weighted by molar-refractivity contribution is -0.118. The molecule has 26 heavy (non-hydrogen) atoms. The van der Waals surface area contributed by atoms with E-state index in [-0.39, 0.29) is 5.91 Å². The van der Waals surface area contributed by atoms with Crippen molar-refractivity contribution >= 4 is 23.3 Å². The molecular formula is C20H23N3O3. The molecule has 1 heterocycles. The second-order valence-electron chi connectivity index (χ2n) is 6.48. The van der Waals surface area contributed by atoms with Gasteiger partial charge in [-0.3, -0.25) is 4.79 Å². The van der Waals surface area contributed by atoms with Gasteiger partial charge in [-0.05, 0) is 55.7 Å². The predicted molar refractivity (Wildman–Crippen MR) is 102 cm³/mol. The third-order valence-electron chi connectivity index (χ3n) is 4.38. The number of anilines is 2. The first-order chi connectivity index (χ1) is 12.5. The molecular weight excluding hydrogens is 330 g/mol. The summed E-state index contributed by atoms with van der Waals surface area (Å²) < 4.78 is 5.22. The van der Waals surface area contributed by atoms with E-state index in [2.05, 4.69) is 16.7 Å². The van der Waals surface area contributed by atoms with Gasteiger partial charge in [0.2, 0.25) is 5.91 Å². The van der Waals surface area contributed by atoms with Crippen LogP contribution in [0.4, 0.5) is 16.2 Å². The van der Waals surface area contributed by atoms with Gasteiger partial charge in [0.05, 0.1) is 12.8 Å². The number of hydrogen-bond acceptors (Lipinski definition) is 3. The van der Waals surface area contributed by atoms with Gasteiger partial charge in [-0.25, -0.2) is 4.79 Å². The molecule has 0 bridgehead atoms. The minimum absolute atomic E-state index is 0.0924. The van der Waals surface area contributed by atoms with E-state index < -0.39 is 12.1 Å². The van der Waals surface area contributed by atoms with E-state index in [4.69, 9.17) is 4.74 Å². The van der Waals surface area contributed by atoms with Crippen LogP contribution in [0.2, 0.25) is 0 Å². The van der Waals surface area contributed by atoms with E-state index in [1.807, 2.05) is 32.0 Å². The first kappa shape index (κ1) is 17.8. The van der Waals surface area contributed by atoms with Crippen molar-refractivity contribution in [3.8, 4) is 5.75 Å². The van der Waals surface area contributed by atoms with E-state index in [0.29, 0.717) is 24.4 Å². The average molecular weight is 353 g/mol. The van der Waals surface area contributed by atoms with Crippen LogP contribution in [-0.4, -0.2) is 31.6 Å². The number of aryl methyl sites for hydroxylation is 2. The van der Waals surface area contributed by atoms with Crippen molar-refractivity contribution in [2.45, 2.75) is 26.3 Å². The number of methoxy groups -OCH3 is 1. The molecule has 2 aromatic rings. The number of rotatable bonds is 4. The van der Waals surface area contributed by atoms with E-state index in [1.54, 1.807) is 30.2 Å². The molecule has 0 radical (unpaired) electrons. The van der Waals surface area contributed by atoms with Gasteiger partial charge in [0.25, 0.3) is 0 Å². The van der Waals surface area contributed by atoms with Gasteiger partial charge in [-0.1, -0.05) is 18.2 Å². The van der Waals surface area contributed by atoms with Crippen LogP contribution >= 0.6 is 0 Å². The molecule has 0 spiro atoms. The molecule has 1 aliphatic heterocycles. The van der Waals surface area contributed by atoms with Crippen LogP contribution in [0.3, 0.4) is 0 Å². The molecule has 1 aliphatic rings. The number of hydrogen-bond donors (Lipinski definition) is 2. The monoisotopic (exact) mass is 353 g/mol. The van der Waals surface area contributed by atoms with E-state index in [9.17, 15) is 9.59 Å². The lowest BCUT2D eigenvalue weighted by atomic mass is 10.1. The molecule has 0 aromatic heterocycles. The zero-order chi connectivity index (χ0) is 18.7. The van der Waals surface area contributed by atoms with E-state index in [0.717, 1.165) is 16.8 Å². The lowest BCUT2D eigenvalue weighted by Crippen LogP contribution is -2.43. The second-order valence-corrected chi connectivity index (χ2v) is 6.48. The van der Waals surface area contributed by atoms with E-state index in [1.165, 1.54) is 0 Å². The summed E-state index contributed by atoms with van der Waals surface area (Å²) in [4.78, 5) is 26.7. The van der Waals surface area contributed by atoms with Gasteiger partial charge < -0.3 is 20.3 Å². The van der Waals surface area contributed by atoms with Crippen LogP contribution in [0.25, 0.3) is 0 Å². The molecule has 1 unspecified atom stereocenters. The fraction of sp³-hybridized carbons (Fsp3) is 0.300. The standard InChI is InChI=1S/C20H23N3O3/c1-13-10-14(2)12-15(11-13)23-9-8-17(19(23)24)22-20(25)21-16-6-4-5-7-18(16)26-3/h4-7,10-12,17H,8-9H2,1-3H3,(H2,21,22,25). The van der Waals surface area contributed by atoms with Crippen LogP contribution in [0.15, 0.2) is 42.5 Å². The molecule has 1 fully saturated rings. The Morgan fingerprint density at radius 2 is 1.85 bits per heavy atom. The number of ether oxygens (including phenoxy) is 1. The van der Waals surface area contributed by atoms with Crippen LogP contribution < -0.4 is 20.3 Å². The summed E-state index contributed by atoms with van der Waals surface area (Å²) in [6, 6.07) is 12.2. The molecule has 0 aliphatic carbocycles. The fourth-order valence-corrected chi connectivity index (χ4v) is 3.24. The molecule has 1 atom stereocenters. The fourth-order valence-electron chi connectivity index (χ4n) is 3.24. The molecule has 0 saturated carbocycles. The molecule has 2 N–H and O–H groups in total. The summed E-state index contributed by atoms with van der Waals surface area (Å²) in [5.74, 6) is 0.474. The van der Waals surface area contributed by atoms with Crippen molar-refractivity contribution in [2.75, 3.05) is 23.9 Å². The van der Waals surface area contributed by atoms with Crippen molar-refractivity contribution in [2.24, 2.45) is 0 Å². The van der Waals surface area contributed by atoms with E-state index >= 15 is 0 Å². The van der Waals surface area contributed by atoms with Crippen molar-refractivity contribution < 1.29 is 14.3 Å². The summed E-state index contributed by atoms with van der Waals surface area (Å²) in [5.41, 5.74) is 3.65. The SMILES string of the molecule is COc1ccccc1NC(=O)NC1CCN(c2cc(C)cc(C)c2)C1=O. The van der Waals surface area contributed by atoms with Crippen molar-refractivity contribution in [1.82, 2.24) is 5.32 Å². The second kappa shape index (κ2) is 7.47. The van der Waals surface area contributed by atoms with Gasteiger partial charge in [-0.15, -0.1) is 0 Å². The number of nitrogens with one attached hydrogen (secondary N) is 2. The molecule has 2 aromatic carbocycles. The summed E-state index contributed by atoms with van der Waals surface area (Å²) in [7, 11) is 1.54. The highest BCUT2D eigenvalue weighted by molar-refractivity contribution is 6.02. The highest BCUT2D eigenvalue weighted by Crippen LogP contribution is 2.25. The third kappa shape index (κ3) is 3.79. The number of amides is 3. The third-order valence-corrected chi connectivity index (χ3v) is 4.38. The topological polar surface area (TPSA) is 70.7 Å². The Labute approximate surface area is 153 Å². The Morgan fingerprint density at radius 1 is 1.15 bits per heavy atom. The average Bonchev–Trinajstić information content (AvgIpc) is 2.95. The quantitative estimate of drug-likeness (QED) is 0.886. The number of nitrogens with zero attached hydrogens (tertiary/aromatic N) is 1. The first-order valence-corrected chi connectivity index (χ1v) is 8.58. The zero-order valence-electron chi connectivity index (χ0n) is 15.2. The number of urea groups is 1. The van der Waals surface area contributed by atoms with Gasteiger partial charge in [0, 0.05) is 12.2 Å². The number of carbonyl (C=O) groups is 2. The summed E-state index contributed by atoms with van der Waals surface area (Å²) >= 11 is 0. The van der Waals surface area contributed by atoms with Crippen molar-refractivity contribution in [1.29, 1.82) is 0 Å². The Hall–Kier alpha value is -3.02. The number of para-hydroxylation sites is 2. The Morgan fingerprint density at radius 3 is 2.54 bits per heavy atom. The molecule has 1 saturated heterocycles. The summed E-state index contributed by atoms with van der Waals surface area (Å²) in [6.07, 6.45) is 0.575. The molecule has 6 heteroatoms. The largest absolute Gasteiger partial charge is 0.495 e. The van der Waals surface area contributed by atoms with Gasteiger partial charge >= 0.3 is 6.03 Å². The highest BCUT2D eigenvalue weighted by atomic mass is 16.5. The molecule has 136 valence electrons. The van der Waals surface area contributed by atoms with Gasteiger partial charge in [0.15, 0.2) is 0 Å². The maximum absolute atomic E-state index is 12.7. The first-order valence-electron chi connectivity index (χ1n) is 8.58. The maximum Gasteiger partial charge on any atom is 0.319 e. The van der Waals surface area contributed by atoms with Crippen molar-refractivity contribution in [3.63, 3.8) is 0 Å². The zero-order valence-corrected chi connectivity index (χ0v) is 15.2. The molecule has 3 amide bonds. The Balaban J connectivity index is 1.66. The lowest BCUT2D eigenvalue weighted by Gasteiger charge is -2.19. The summed E-state index contributed by atoms with van der Waals surface area (Å²) in [5, 5.41) is 5.50. The van der Waals surface area contributed by atoms with Crippen LogP contribution in [0.5, 0.6) is 5.75 Å². The van der Waals surface area contributed by atoms with Crippen LogP contribution in [0, 0.1) is 13.8 Å². The van der Waals surface area contributed by atoms with Gasteiger partial charge in [-0.2, -0.15) is 0 Å². The smallest absolute Gasteiger partial charge is 0.319 e. The number of benzene rings is 2.